The Morgan fingerprint density at radius 3 is 2.44 bits per heavy atom. The lowest BCUT2D eigenvalue weighted by Crippen LogP contribution is -2.36. The predicted molar refractivity (Wildman–Crippen MR) is 155 cm³/mol. The number of nitrogens with zero attached hydrogens (tertiary/aromatic N) is 4. The number of anilines is 3. The molecule has 0 bridgehead atoms. The summed E-state index contributed by atoms with van der Waals surface area (Å²) in [7, 11) is 0. The van der Waals surface area contributed by atoms with Gasteiger partial charge in [-0.15, -0.1) is 0 Å². The lowest BCUT2D eigenvalue weighted by molar-refractivity contribution is 0.122. The van der Waals surface area contributed by atoms with E-state index < -0.39 is 0 Å². The number of imidazole rings is 1. The van der Waals surface area contributed by atoms with E-state index in [1.54, 1.807) is 6.33 Å². The lowest BCUT2D eigenvalue weighted by Gasteiger charge is -2.28. The Labute approximate surface area is 227 Å². The van der Waals surface area contributed by atoms with Crippen LogP contribution in [0.3, 0.4) is 0 Å². The number of hydrogen-bond donors (Lipinski definition) is 3. The number of fused-ring (bicyclic) bond motifs is 1. The second kappa shape index (κ2) is 10.5. The van der Waals surface area contributed by atoms with Gasteiger partial charge in [-0.25, -0.2) is 15.0 Å². The van der Waals surface area contributed by atoms with Crippen LogP contribution >= 0.6 is 0 Å². The van der Waals surface area contributed by atoms with Crippen molar-refractivity contribution >= 4 is 28.1 Å². The lowest BCUT2D eigenvalue weighted by atomic mass is 10.0. The van der Waals surface area contributed by atoms with Crippen LogP contribution in [0, 0.1) is 0 Å². The van der Waals surface area contributed by atoms with Crippen LogP contribution in [-0.2, 0) is 4.74 Å². The van der Waals surface area contributed by atoms with Gasteiger partial charge < -0.3 is 25.3 Å². The third kappa shape index (κ3) is 4.96. The number of rotatable bonds is 6. The van der Waals surface area contributed by atoms with Gasteiger partial charge in [-0.1, -0.05) is 30.3 Å². The maximum Gasteiger partial charge on any atom is 0.141 e. The Bertz CT molecular complexity index is 1570. The first-order chi connectivity index (χ1) is 19.3. The quantitative estimate of drug-likeness (QED) is 0.266. The minimum Gasteiger partial charge on any atom is -0.378 e. The average molecular weight is 518 g/mol. The third-order valence-corrected chi connectivity index (χ3v) is 7.66. The summed E-state index contributed by atoms with van der Waals surface area (Å²) in [6.07, 6.45) is 5.88. The van der Waals surface area contributed by atoms with Gasteiger partial charge >= 0.3 is 0 Å². The van der Waals surface area contributed by atoms with E-state index in [1.807, 2.05) is 6.20 Å². The summed E-state index contributed by atoms with van der Waals surface area (Å²) < 4.78 is 5.48. The molecule has 5 aromatic rings. The van der Waals surface area contributed by atoms with Crippen molar-refractivity contribution in [3.05, 3.63) is 85.1 Å². The second-order valence-electron chi connectivity index (χ2n) is 10.1. The SMILES string of the molecule is c1nc(Nc2ccc(N3CCOCC3)cc2)c2cc(-c3ccc(-c4cnc(C5CCCN5)[nH]4)cc3)ccc2n1. The van der Waals surface area contributed by atoms with E-state index in [-0.39, 0.29) is 0 Å². The molecule has 0 amide bonds. The van der Waals surface area contributed by atoms with Gasteiger partial charge in [0, 0.05) is 29.9 Å². The molecule has 2 fully saturated rings. The van der Waals surface area contributed by atoms with Crippen LogP contribution in [0.5, 0.6) is 0 Å². The van der Waals surface area contributed by atoms with E-state index in [0.29, 0.717) is 6.04 Å². The highest BCUT2D eigenvalue weighted by Crippen LogP contribution is 2.31. The molecule has 4 heterocycles. The van der Waals surface area contributed by atoms with Gasteiger partial charge in [0.1, 0.15) is 18.0 Å². The molecule has 0 radical (unpaired) electrons. The molecule has 2 aliphatic rings. The van der Waals surface area contributed by atoms with Gasteiger partial charge in [-0.2, -0.15) is 0 Å². The van der Waals surface area contributed by atoms with E-state index in [1.165, 1.54) is 12.1 Å². The van der Waals surface area contributed by atoms with Crippen LogP contribution in [0.4, 0.5) is 17.2 Å². The minimum absolute atomic E-state index is 0.336. The summed E-state index contributed by atoms with van der Waals surface area (Å²) in [5.41, 5.74) is 7.55. The van der Waals surface area contributed by atoms with E-state index in [9.17, 15) is 0 Å². The molecule has 39 heavy (non-hydrogen) atoms. The molecule has 2 saturated heterocycles. The van der Waals surface area contributed by atoms with Gasteiger partial charge in [0.05, 0.1) is 36.7 Å². The van der Waals surface area contributed by atoms with Crippen molar-refractivity contribution in [2.75, 3.05) is 43.1 Å². The molecule has 7 rings (SSSR count). The van der Waals surface area contributed by atoms with Gasteiger partial charge in [0.25, 0.3) is 0 Å². The maximum absolute atomic E-state index is 5.48. The predicted octanol–water partition coefficient (Wildman–Crippen LogP) is 5.69. The van der Waals surface area contributed by atoms with Crippen molar-refractivity contribution in [2.45, 2.75) is 18.9 Å². The van der Waals surface area contributed by atoms with E-state index in [2.05, 4.69) is 102 Å². The summed E-state index contributed by atoms with van der Waals surface area (Å²) in [4.78, 5) is 19.5. The largest absolute Gasteiger partial charge is 0.378 e. The monoisotopic (exact) mass is 517 g/mol. The molecule has 196 valence electrons. The highest BCUT2D eigenvalue weighted by atomic mass is 16.5. The summed E-state index contributed by atoms with van der Waals surface area (Å²) in [5.74, 6) is 1.82. The number of aromatic amines is 1. The molecule has 2 aromatic heterocycles. The van der Waals surface area contributed by atoms with Crippen molar-refractivity contribution in [1.29, 1.82) is 0 Å². The van der Waals surface area contributed by atoms with Crippen LogP contribution < -0.4 is 15.5 Å². The molecule has 2 aliphatic heterocycles. The molecule has 0 aliphatic carbocycles. The van der Waals surface area contributed by atoms with E-state index in [4.69, 9.17) is 4.74 Å². The third-order valence-electron chi connectivity index (χ3n) is 7.66. The summed E-state index contributed by atoms with van der Waals surface area (Å²) in [6, 6.07) is 23.8. The minimum atomic E-state index is 0.336. The first-order valence-electron chi connectivity index (χ1n) is 13.6. The Hall–Kier alpha value is -4.27. The number of benzene rings is 3. The van der Waals surface area contributed by atoms with Crippen LogP contribution in [0.1, 0.15) is 24.7 Å². The van der Waals surface area contributed by atoms with Gasteiger partial charge in [0.2, 0.25) is 0 Å². The Morgan fingerprint density at radius 2 is 1.64 bits per heavy atom. The smallest absolute Gasteiger partial charge is 0.141 e. The Balaban J connectivity index is 1.11. The van der Waals surface area contributed by atoms with Crippen LogP contribution in [-0.4, -0.2) is 52.8 Å². The number of morpholine rings is 1. The van der Waals surface area contributed by atoms with Crippen LogP contribution in [0.2, 0.25) is 0 Å². The molecule has 3 aromatic carbocycles. The molecule has 1 atom stereocenters. The van der Waals surface area contributed by atoms with Gasteiger partial charge in [-0.3, -0.25) is 0 Å². The molecule has 3 N–H and O–H groups in total. The Morgan fingerprint density at radius 1 is 0.846 bits per heavy atom. The molecule has 8 heteroatoms. The molecular weight excluding hydrogens is 486 g/mol. The summed E-state index contributed by atoms with van der Waals surface area (Å²) >= 11 is 0. The zero-order valence-corrected chi connectivity index (χ0v) is 21.7. The first-order valence-corrected chi connectivity index (χ1v) is 13.6. The van der Waals surface area contributed by atoms with Crippen molar-refractivity contribution < 1.29 is 4.74 Å². The highest BCUT2D eigenvalue weighted by Gasteiger charge is 2.19. The second-order valence-corrected chi connectivity index (χ2v) is 10.1. The molecule has 0 spiro atoms. The van der Waals surface area contributed by atoms with Crippen molar-refractivity contribution in [2.24, 2.45) is 0 Å². The fourth-order valence-corrected chi connectivity index (χ4v) is 5.47. The molecule has 1 unspecified atom stereocenters. The molecule has 0 saturated carbocycles. The van der Waals surface area contributed by atoms with E-state index in [0.717, 1.165) is 89.9 Å². The van der Waals surface area contributed by atoms with Crippen molar-refractivity contribution in [3.8, 4) is 22.4 Å². The summed E-state index contributed by atoms with van der Waals surface area (Å²) in [5, 5.41) is 7.99. The fraction of sp³-hybridized carbons (Fsp3) is 0.258. The van der Waals surface area contributed by atoms with Gasteiger partial charge in [0.15, 0.2) is 0 Å². The highest BCUT2D eigenvalue weighted by molar-refractivity contribution is 5.94. The Kier molecular flexibility index (Phi) is 6.40. The average Bonchev–Trinajstić information content (AvgIpc) is 3.71. The molecular formula is C31H31N7O. The molecule has 8 nitrogen and oxygen atoms in total. The van der Waals surface area contributed by atoms with Crippen LogP contribution in [0.15, 0.2) is 79.3 Å². The van der Waals surface area contributed by atoms with Crippen LogP contribution in [0.25, 0.3) is 33.3 Å². The topological polar surface area (TPSA) is 91.0 Å². The zero-order chi connectivity index (χ0) is 26.0. The number of H-pyrrole nitrogens is 1. The fourth-order valence-electron chi connectivity index (χ4n) is 5.47. The van der Waals surface area contributed by atoms with Gasteiger partial charge in [-0.05, 0) is 72.5 Å². The number of ether oxygens (including phenoxy) is 1. The number of nitrogens with one attached hydrogen (secondary N) is 3. The number of hydrogen-bond acceptors (Lipinski definition) is 7. The van der Waals surface area contributed by atoms with Crippen molar-refractivity contribution in [3.63, 3.8) is 0 Å². The normalized spacial score (nSPS) is 17.5. The summed E-state index contributed by atoms with van der Waals surface area (Å²) in [6.45, 7) is 4.47. The van der Waals surface area contributed by atoms with E-state index >= 15 is 0 Å². The zero-order valence-electron chi connectivity index (χ0n) is 21.7. The first kappa shape index (κ1) is 23.8. The standard InChI is InChI=1S/C31H31N7O/c1-2-28(32-13-1)31-33-19-29(37-31)22-5-3-21(4-6-22)23-7-12-27-26(18-23)30(35-20-34-27)36-24-8-10-25(11-9-24)38-14-16-39-17-15-38/h3-12,18-20,28,32H,1-2,13-17H2,(H,33,37)(H,34,35,36). The maximum atomic E-state index is 5.48. The number of aromatic nitrogens is 4. The van der Waals surface area contributed by atoms with Crippen molar-refractivity contribution in [1.82, 2.24) is 25.3 Å².